The Bertz CT molecular complexity index is 604. The third-order valence-electron chi connectivity index (χ3n) is 2.57. The van der Waals surface area contributed by atoms with Crippen LogP contribution in [-0.4, -0.2) is 27.6 Å². The maximum absolute atomic E-state index is 5.59. The molecule has 21 heavy (non-hydrogen) atoms. The molecule has 6 heteroatoms. The monoisotopic (exact) mass is 304 g/mol. The summed E-state index contributed by atoms with van der Waals surface area (Å²) in [4.78, 5) is 14.2. The van der Waals surface area contributed by atoms with Crippen molar-refractivity contribution in [2.75, 3.05) is 11.9 Å². The first-order chi connectivity index (χ1) is 10.1. The van der Waals surface area contributed by atoms with Gasteiger partial charge in [0.15, 0.2) is 0 Å². The van der Waals surface area contributed by atoms with E-state index >= 15 is 0 Å². The molecule has 0 spiro atoms. The fraction of sp³-hybridized carbons (Fsp3) is 0.400. The van der Waals surface area contributed by atoms with Gasteiger partial charge in [0.05, 0.1) is 6.10 Å². The van der Waals surface area contributed by atoms with E-state index in [1.54, 1.807) is 0 Å². The normalized spacial score (nSPS) is 10.7. The van der Waals surface area contributed by atoms with Crippen molar-refractivity contribution in [1.29, 1.82) is 0 Å². The Hall–Kier alpha value is -1.82. The van der Waals surface area contributed by atoms with Gasteiger partial charge in [-0.25, -0.2) is 0 Å². The van der Waals surface area contributed by atoms with Gasteiger partial charge < -0.3 is 10.1 Å². The van der Waals surface area contributed by atoms with Crippen LogP contribution in [0, 0.1) is 6.92 Å². The van der Waals surface area contributed by atoms with Crippen LogP contribution in [0.4, 0.5) is 5.95 Å². The molecule has 1 heterocycles. The molecule has 0 atom stereocenters. The molecule has 2 rings (SSSR count). The molecule has 0 aliphatic heterocycles. The summed E-state index contributed by atoms with van der Waals surface area (Å²) in [5, 5.41) is 3.74. The van der Waals surface area contributed by atoms with Crippen LogP contribution in [-0.2, 0) is 0 Å². The number of aromatic nitrogens is 3. The van der Waals surface area contributed by atoms with E-state index in [-0.39, 0.29) is 6.10 Å². The molecule has 0 bridgehead atoms. The predicted octanol–water partition coefficient (Wildman–Crippen LogP) is 3.55. The average Bonchev–Trinajstić information content (AvgIpc) is 2.41. The van der Waals surface area contributed by atoms with E-state index in [0.29, 0.717) is 17.1 Å². The van der Waals surface area contributed by atoms with E-state index in [4.69, 9.17) is 4.74 Å². The average molecular weight is 304 g/mol. The molecule has 1 aromatic heterocycles. The zero-order valence-corrected chi connectivity index (χ0v) is 13.6. The van der Waals surface area contributed by atoms with E-state index in [0.717, 1.165) is 11.4 Å². The minimum atomic E-state index is 0.0261. The van der Waals surface area contributed by atoms with Crippen LogP contribution in [0.15, 0.2) is 34.3 Å². The minimum Gasteiger partial charge on any atom is -0.461 e. The van der Waals surface area contributed by atoms with Crippen LogP contribution in [0.2, 0.25) is 0 Å². The van der Waals surface area contributed by atoms with Crippen LogP contribution in [0.25, 0.3) is 0 Å². The molecule has 1 N–H and O–H groups in total. The smallest absolute Gasteiger partial charge is 0.322 e. The molecule has 1 aromatic carbocycles. The van der Waals surface area contributed by atoms with Crippen molar-refractivity contribution in [3.8, 4) is 6.01 Å². The van der Waals surface area contributed by atoms with Gasteiger partial charge in [-0.05, 0) is 51.1 Å². The highest BCUT2D eigenvalue weighted by Crippen LogP contribution is 2.28. The van der Waals surface area contributed by atoms with Crippen LogP contribution in [0.1, 0.15) is 26.3 Å². The number of aryl methyl sites for hydroxylation is 1. The fourth-order valence-corrected chi connectivity index (χ4v) is 2.48. The third-order valence-corrected chi connectivity index (χ3v) is 3.61. The standard InChI is InChI=1S/C15H20N4OS/c1-5-16-13-17-14(20-10(2)3)19-15(18-13)21-12-9-7-6-8-11(12)4/h6-10H,5H2,1-4H3,(H,16,17,18,19). The zero-order valence-electron chi connectivity index (χ0n) is 12.8. The summed E-state index contributed by atoms with van der Waals surface area (Å²) in [7, 11) is 0. The number of nitrogens with zero attached hydrogens (tertiary/aromatic N) is 3. The summed E-state index contributed by atoms with van der Waals surface area (Å²) in [5.41, 5.74) is 1.19. The molecule has 2 aromatic rings. The van der Waals surface area contributed by atoms with Gasteiger partial charge in [-0.2, -0.15) is 15.0 Å². The molecule has 0 saturated carbocycles. The fourth-order valence-electron chi connectivity index (χ4n) is 1.65. The maximum atomic E-state index is 5.59. The second-order valence-corrected chi connectivity index (χ2v) is 5.80. The highest BCUT2D eigenvalue weighted by atomic mass is 32.2. The highest BCUT2D eigenvalue weighted by Gasteiger charge is 2.11. The number of anilines is 1. The van der Waals surface area contributed by atoms with Crippen LogP contribution < -0.4 is 10.1 Å². The molecule has 0 fully saturated rings. The van der Waals surface area contributed by atoms with Gasteiger partial charge in [-0.3, -0.25) is 0 Å². The lowest BCUT2D eigenvalue weighted by atomic mass is 10.2. The van der Waals surface area contributed by atoms with Gasteiger partial charge >= 0.3 is 6.01 Å². The van der Waals surface area contributed by atoms with Gasteiger partial charge in [0.2, 0.25) is 11.1 Å². The molecular weight excluding hydrogens is 284 g/mol. The summed E-state index contributed by atoms with van der Waals surface area (Å²) in [5.74, 6) is 0.541. The van der Waals surface area contributed by atoms with E-state index in [1.807, 2.05) is 32.9 Å². The topological polar surface area (TPSA) is 59.9 Å². The Morgan fingerprint density at radius 1 is 1.19 bits per heavy atom. The van der Waals surface area contributed by atoms with Crippen LogP contribution in [0.5, 0.6) is 6.01 Å². The Labute approximate surface area is 129 Å². The minimum absolute atomic E-state index is 0.0261. The molecular formula is C15H20N4OS. The van der Waals surface area contributed by atoms with Gasteiger partial charge in [-0.15, -0.1) is 0 Å². The van der Waals surface area contributed by atoms with Crippen molar-refractivity contribution in [2.24, 2.45) is 0 Å². The van der Waals surface area contributed by atoms with Gasteiger partial charge in [0.25, 0.3) is 0 Å². The van der Waals surface area contributed by atoms with Crippen molar-refractivity contribution in [3.63, 3.8) is 0 Å². The second kappa shape index (κ2) is 7.26. The lowest BCUT2D eigenvalue weighted by Gasteiger charge is -2.11. The molecule has 0 amide bonds. The van der Waals surface area contributed by atoms with Crippen molar-refractivity contribution in [3.05, 3.63) is 29.8 Å². The van der Waals surface area contributed by atoms with E-state index in [9.17, 15) is 0 Å². The van der Waals surface area contributed by atoms with E-state index in [2.05, 4.69) is 39.3 Å². The lowest BCUT2D eigenvalue weighted by Crippen LogP contribution is -2.11. The zero-order chi connectivity index (χ0) is 15.2. The molecule has 0 unspecified atom stereocenters. The summed E-state index contributed by atoms with van der Waals surface area (Å²) in [6.45, 7) is 8.72. The largest absolute Gasteiger partial charge is 0.461 e. The van der Waals surface area contributed by atoms with Crippen LogP contribution >= 0.6 is 11.8 Å². The first-order valence-corrected chi connectivity index (χ1v) is 7.80. The predicted molar refractivity (Wildman–Crippen MR) is 85.1 cm³/mol. The molecule has 0 aliphatic carbocycles. The van der Waals surface area contributed by atoms with Gasteiger partial charge in [0, 0.05) is 11.4 Å². The summed E-state index contributed by atoms with van der Waals surface area (Å²) in [6.07, 6.45) is 0.0261. The number of benzene rings is 1. The third kappa shape index (κ3) is 4.60. The van der Waals surface area contributed by atoms with Crippen molar-refractivity contribution < 1.29 is 4.74 Å². The summed E-state index contributed by atoms with van der Waals surface area (Å²) in [6, 6.07) is 8.50. The first-order valence-electron chi connectivity index (χ1n) is 6.98. The quantitative estimate of drug-likeness (QED) is 0.880. The first kappa shape index (κ1) is 15.6. The SMILES string of the molecule is CCNc1nc(OC(C)C)nc(Sc2ccccc2C)n1. The van der Waals surface area contributed by atoms with Gasteiger partial charge in [-0.1, -0.05) is 18.2 Å². The summed E-state index contributed by atoms with van der Waals surface area (Å²) >= 11 is 1.51. The Kier molecular flexibility index (Phi) is 5.38. The number of ether oxygens (including phenoxy) is 1. The Morgan fingerprint density at radius 3 is 2.62 bits per heavy atom. The van der Waals surface area contributed by atoms with E-state index in [1.165, 1.54) is 17.3 Å². The van der Waals surface area contributed by atoms with Crippen molar-refractivity contribution in [2.45, 2.75) is 43.9 Å². The van der Waals surface area contributed by atoms with Gasteiger partial charge in [0.1, 0.15) is 0 Å². The highest BCUT2D eigenvalue weighted by molar-refractivity contribution is 7.99. The molecule has 112 valence electrons. The summed E-state index contributed by atoms with van der Waals surface area (Å²) < 4.78 is 5.59. The van der Waals surface area contributed by atoms with E-state index < -0.39 is 0 Å². The Morgan fingerprint density at radius 2 is 1.95 bits per heavy atom. The number of hydrogen-bond donors (Lipinski definition) is 1. The molecule has 0 saturated heterocycles. The number of rotatable bonds is 6. The molecule has 0 radical (unpaired) electrons. The molecule has 0 aliphatic rings. The Balaban J connectivity index is 2.29. The van der Waals surface area contributed by atoms with Crippen LogP contribution in [0.3, 0.4) is 0 Å². The lowest BCUT2D eigenvalue weighted by molar-refractivity contribution is 0.219. The second-order valence-electron chi connectivity index (χ2n) is 4.79. The van der Waals surface area contributed by atoms with Crippen molar-refractivity contribution in [1.82, 2.24) is 15.0 Å². The molecule has 5 nitrogen and oxygen atoms in total. The number of nitrogens with one attached hydrogen (secondary N) is 1. The number of hydrogen-bond acceptors (Lipinski definition) is 6. The maximum Gasteiger partial charge on any atom is 0.322 e. The van der Waals surface area contributed by atoms with Crippen molar-refractivity contribution >= 4 is 17.7 Å².